The molecule has 214 valence electrons. The summed E-state index contributed by atoms with van der Waals surface area (Å²) in [6.07, 6.45) is 3.89. The highest BCUT2D eigenvalue weighted by Gasteiger charge is 2.14. The lowest BCUT2D eigenvalue weighted by atomic mass is 10.00. The third kappa shape index (κ3) is 4.15. The molecule has 7 aromatic carbocycles. The molecule has 0 aliphatic heterocycles. The van der Waals surface area contributed by atoms with Crippen LogP contribution in [0.5, 0.6) is 0 Å². The summed E-state index contributed by atoms with van der Waals surface area (Å²) < 4.78 is 5.48. The maximum Gasteiger partial charge on any atom is 0.159 e. The van der Waals surface area contributed by atoms with Crippen LogP contribution in [-0.2, 0) is 0 Å². The molecular formula is C42H24N2S2. The van der Waals surface area contributed by atoms with Crippen molar-refractivity contribution >= 4 is 84.6 Å². The van der Waals surface area contributed by atoms with E-state index in [0.717, 1.165) is 22.5 Å². The van der Waals surface area contributed by atoms with E-state index in [2.05, 4.69) is 133 Å². The van der Waals surface area contributed by atoms with Gasteiger partial charge < -0.3 is 0 Å². The lowest BCUT2D eigenvalue weighted by Gasteiger charge is -2.08. The first-order valence-corrected chi connectivity index (χ1v) is 17.0. The molecular weight excluding hydrogens is 597 g/mol. The lowest BCUT2D eigenvalue weighted by Crippen LogP contribution is -1.90. The van der Waals surface area contributed by atoms with E-state index in [-0.39, 0.29) is 0 Å². The molecule has 46 heavy (non-hydrogen) atoms. The Morgan fingerprint density at radius 1 is 0.348 bits per heavy atom. The first kappa shape index (κ1) is 25.9. The van der Waals surface area contributed by atoms with E-state index in [0.29, 0.717) is 0 Å². The Morgan fingerprint density at radius 3 is 1.50 bits per heavy atom. The summed E-state index contributed by atoms with van der Waals surface area (Å²) >= 11 is 3.82. The van der Waals surface area contributed by atoms with Gasteiger partial charge in [-0.3, -0.25) is 0 Å². The van der Waals surface area contributed by atoms with Crippen LogP contribution >= 0.6 is 22.7 Å². The summed E-state index contributed by atoms with van der Waals surface area (Å²) in [6, 6.07) is 48.3. The van der Waals surface area contributed by atoms with Crippen LogP contribution in [0.2, 0.25) is 0 Å². The maximum atomic E-state index is 4.79. The summed E-state index contributed by atoms with van der Waals surface area (Å²) in [5.74, 6) is 0.735. The fraction of sp³-hybridized carbons (Fsp3) is 0. The molecule has 0 saturated heterocycles. The molecule has 3 heterocycles. The fourth-order valence-corrected chi connectivity index (χ4v) is 9.38. The number of rotatable bonds is 3. The normalized spacial score (nSPS) is 11.9. The number of fused-ring (bicyclic) bond motifs is 8. The Hall–Kier alpha value is -5.42. The lowest BCUT2D eigenvalue weighted by molar-refractivity contribution is 1.18. The number of benzene rings is 7. The summed E-state index contributed by atoms with van der Waals surface area (Å²) in [4.78, 5) is 9.58. The third-order valence-electron chi connectivity index (χ3n) is 9.10. The van der Waals surface area contributed by atoms with Gasteiger partial charge in [0.2, 0.25) is 0 Å². The largest absolute Gasteiger partial charge is 0.236 e. The summed E-state index contributed by atoms with van der Waals surface area (Å²) in [5.41, 5.74) is 5.61. The van der Waals surface area contributed by atoms with Gasteiger partial charge in [-0.25, -0.2) is 9.97 Å². The number of aromatic nitrogens is 2. The number of thiophene rings is 2. The number of nitrogens with zero attached hydrogens (tertiary/aromatic N) is 2. The van der Waals surface area contributed by atoms with Gasteiger partial charge in [-0.1, -0.05) is 91.0 Å². The van der Waals surface area contributed by atoms with Gasteiger partial charge in [0, 0.05) is 43.7 Å². The number of hydrogen-bond acceptors (Lipinski definition) is 4. The van der Waals surface area contributed by atoms with E-state index in [1.54, 1.807) is 0 Å². The van der Waals surface area contributed by atoms with Crippen molar-refractivity contribution < 1.29 is 0 Å². The molecule has 0 unspecified atom stereocenters. The van der Waals surface area contributed by atoms with Crippen LogP contribution in [-0.4, -0.2) is 9.97 Å². The minimum absolute atomic E-state index is 0.735. The SMILES string of the molecule is c1ccc(-c2ccc3cc(-c4ncc(-c5ccc6cc7c(cc6c5)sc5c6cc8ccccc8cc6sc75)cn4)ccc3c2)cc1. The highest BCUT2D eigenvalue weighted by atomic mass is 32.1. The second-order valence-corrected chi connectivity index (χ2v) is 14.0. The Kier molecular flexibility index (Phi) is 5.65. The van der Waals surface area contributed by atoms with Crippen molar-refractivity contribution in [1.29, 1.82) is 0 Å². The van der Waals surface area contributed by atoms with Crippen molar-refractivity contribution in [2.75, 3.05) is 0 Å². The van der Waals surface area contributed by atoms with Crippen molar-refractivity contribution in [2.24, 2.45) is 0 Å². The summed E-state index contributed by atoms with van der Waals surface area (Å²) in [5, 5.41) is 10.2. The van der Waals surface area contributed by atoms with Crippen molar-refractivity contribution in [3.8, 4) is 33.6 Å². The van der Waals surface area contributed by atoms with E-state index < -0.39 is 0 Å². The number of hydrogen-bond donors (Lipinski definition) is 0. The Labute approximate surface area is 272 Å². The second-order valence-electron chi connectivity index (χ2n) is 11.9. The molecule has 0 spiro atoms. The van der Waals surface area contributed by atoms with Crippen molar-refractivity contribution in [3.63, 3.8) is 0 Å². The highest BCUT2D eigenvalue weighted by Crippen LogP contribution is 2.46. The smallest absolute Gasteiger partial charge is 0.159 e. The molecule has 0 saturated carbocycles. The standard InChI is InChI=1S/C42H24N2S2/c1-2-6-25(7-3-1)28-10-11-30-17-33(15-14-29(30)16-28)42-43-23-35(24-44-42)31-12-13-32-20-37-39(22-34(32)18-31)46-40-36-19-26-8-4-5-9-27(26)21-38(36)45-41(37)40/h1-24H. The van der Waals surface area contributed by atoms with Crippen molar-refractivity contribution in [3.05, 3.63) is 146 Å². The minimum Gasteiger partial charge on any atom is -0.236 e. The van der Waals surface area contributed by atoms with E-state index in [4.69, 9.17) is 9.97 Å². The first-order chi connectivity index (χ1) is 22.7. The topological polar surface area (TPSA) is 25.8 Å². The Morgan fingerprint density at radius 2 is 0.826 bits per heavy atom. The average molecular weight is 621 g/mol. The van der Waals surface area contributed by atoms with Crippen LogP contribution in [0.1, 0.15) is 0 Å². The molecule has 0 N–H and O–H groups in total. The summed E-state index contributed by atoms with van der Waals surface area (Å²) in [7, 11) is 0. The molecule has 0 fully saturated rings. The molecule has 0 aliphatic carbocycles. The van der Waals surface area contributed by atoms with E-state index in [1.807, 2.05) is 35.1 Å². The highest BCUT2D eigenvalue weighted by molar-refractivity contribution is 7.36. The van der Waals surface area contributed by atoms with Gasteiger partial charge in [-0.15, -0.1) is 22.7 Å². The van der Waals surface area contributed by atoms with E-state index in [9.17, 15) is 0 Å². The van der Waals surface area contributed by atoms with E-state index >= 15 is 0 Å². The molecule has 0 amide bonds. The third-order valence-corrected chi connectivity index (χ3v) is 11.6. The zero-order valence-electron chi connectivity index (χ0n) is 24.6. The van der Waals surface area contributed by atoms with Crippen molar-refractivity contribution in [2.45, 2.75) is 0 Å². The van der Waals surface area contributed by atoms with Crippen LogP contribution in [0.15, 0.2) is 146 Å². The molecule has 10 aromatic rings. The van der Waals surface area contributed by atoms with Gasteiger partial charge in [0.05, 0.1) is 9.40 Å². The van der Waals surface area contributed by atoms with Crippen LogP contribution in [0.4, 0.5) is 0 Å². The second kappa shape index (κ2) is 10.0. The predicted octanol–water partition coefficient (Wildman–Crippen LogP) is 12.5. The van der Waals surface area contributed by atoms with Gasteiger partial charge in [0.15, 0.2) is 5.82 Å². The molecule has 0 aliphatic rings. The Balaban J connectivity index is 0.983. The molecule has 0 atom stereocenters. The van der Waals surface area contributed by atoms with Gasteiger partial charge in [0.25, 0.3) is 0 Å². The van der Waals surface area contributed by atoms with Gasteiger partial charge >= 0.3 is 0 Å². The summed E-state index contributed by atoms with van der Waals surface area (Å²) in [6.45, 7) is 0. The fourth-order valence-electron chi connectivity index (χ4n) is 6.69. The quantitative estimate of drug-likeness (QED) is 0.196. The average Bonchev–Trinajstić information content (AvgIpc) is 3.64. The van der Waals surface area contributed by atoms with Crippen LogP contribution < -0.4 is 0 Å². The van der Waals surface area contributed by atoms with Crippen molar-refractivity contribution in [1.82, 2.24) is 9.97 Å². The molecule has 0 radical (unpaired) electrons. The maximum absolute atomic E-state index is 4.79. The van der Waals surface area contributed by atoms with E-state index in [1.165, 1.54) is 73.0 Å². The minimum atomic E-state index is 0.735. The zero-order chi connectivity index (χ0) is 30.2. The predicted molar refractivity (Wildman–Crippen MR) is 199 cm³/mol. The molecule has 2 nitrogen and oxygen atoms in total. The van der Waals surface area contributed by atoms with Crippen LogP contribution in [0, 0.1) is 0 Å². The van der Waals surface area contributed by atoms with Crippen LogP contribution in [0.3, 0.4) is 0 Å². The zero-order valence-corrected chi connectivity index (χ0v) is 26.2. The van der Waals surface area contributed by atoms with Gasteiger partial charge in [-0.05, 0) is 91.5 Å². The molecule has 4 heteroatoms. The Bertz CT molecular complexity index is 2790. The molecule has 0 bridgehead atoms. The van der Waals surface area contributed by atoms with Gasteiger partial charge in [0.1, 0.15) is 0 Å². The molecule has 3 aromatic heterocycles. The van der Waals surface area contributed by atoms with Gasteiger partial charge in [-0.2, -0.15) is 0 Å². The molecule has 10 rings (SSSR count). The van der Waals surface area contributed by atoms with Crippen LogP contribution in [0.25, 0.3) is 95.5 Å². The monoisotopic (exact) mass is 620 g/mol. The first-order valence-electron chi connectivity index (χ1n) is 15.4.